The summed E-state index contributed by atoms with van der Waals surface area (Å²) in [5, 5.41) is 5.39. The van der Waals surface area contributed by atoms with Crippen molar-refractivity contribution in [1.29, 1.82) is 0 Å². The second-order valence-electron chi connectivity index (χ2n) is 5.08. The lowest BCUT2D eigenvalue weighted by atomic mass is 10.2. The van der Waals surface area contributed by atoms with Gasteiger partial charge in [0.1, 0.15) is 5.82 Å². The Morgan fingerprint density at radius 2 is 2.19 bits per heavy atom. The normalized spacial score (nSPS) is 14.3. The molecule has 1 aliphatic rings. The molecule has 21 heavy (non-hydrogen) atoms. The van der Waals surface area contributed by atoms with Crippen LogP contribution < -0.4 is 10.6 Å². The van der Waals surface area contributed by atoms with E-state index in [0.29, 0.717) is 25.1 Å². The summed E-state index contributed by atoms with van der Waals surface area (Å²) in [5.74, 6) is -0.115. The van der Waals surface area contributed by atoms with Crippen LogP contribution in [0.1, 0.15) is 24.8 Å². The second kappa shape index (κ2) is 7.61. The highest BCUT2D eigenvalue weighted by Gasteiger charge is 2.18. The van der Waals surface area contributed by atoms with Crippen LogP contribution in [-0.2, 0) is 11.3 Å². The first-order valence-corrected chi connectivity index (χ1v) is 7.19. The molecule has 5 nitrogen and oxygen atoms in total. The molecule has 0 aliphatic carbocycles. The topological polar surface area (TPSA) is 61.4 Å². The maximum Gasteiger partial charge on any atom is 0.315 e. The van der Waals surface area contributed by atoms with E-state index in [0.717, 1.165) is 19.4 Å². The van der Waals surface area contributed by atoms with Gasteiger partial charge in [0, 0.05) is 32.6 Å². The van der Waals surface area contributed by atoms with Gasteiger partial charge in [0.15, 0.2) is 0 Å². The van der Waals surface area contributed by atoms with Gasteiger partial charge in [0.25, 0.3) is 0 Å². The molecule has 6 heteroatoms. The molecule has 3 amide bonds. The van der Waals surface area contributed by atoms with Gasteiger partial charge in [0.05, 0.1) is 0 Å². The molecule has 1 fully saturated rings. The molecule has 0 spiro atoms. The van der Waals surface area contributed by atoms with Gasteiger partial charge in [-0.1, -0.05) is 12.1 Å². The summed E-state index contributed by atoms with van der Waals surface area (Å²) < 4.78 is 13.0. The lowest BCUT2D eigenvalue weighted by Gasteiger charge is -2.15. The van der Waals surface area contributed by atoms with Crippen molar-refractivity contribution in [2.75, 3.05) is 19.6 Å². The zero-order chi connectivity index (χ0) is 15.1. The van der Waals surface area contributed by atoms with Gasteiger partial charge in [-0.05, 0) is 30.5 Å². The van der Waals surface area contributed by atoms with E-state index in [1.54, 1.807) is 12.1 Å². The Balaban J connectivity index is 1.58. The highest BCUT2D eigenvalue weighted by molar-refractivity contribution is 5.78. The molecule has 114 valence electrons. The van der Waals surface area contributed by atoms with Gasteiger partial charge in [0.2, 0.25) is 5.91 Å². The smallest absolute Gasteiger partial charge is 0.315 e. The molecule has 1 aromatic carbocycles. The zero-order valence-corrected chi connectivity index (χ0v) is 11.9. The monoisotopic (exact) mass is 293 g/mol. The van der Waals surface area contributed by atoms with Crippen molar-refractivity contribution in [1.82, 2.24) is 15.5 Å². The quantitative estimate of drug-likeness (QED) is 0.783. The summed E-state index contributed by atoms with van der Waals surface area (Å²) in [6.07, 6.45) is 2.31. The van der Waals surface area contributed by atoms with Gasteiger partial charge in [-0.15, -0.1) is 0 Å². The molecule has 2 N–H and O–H groups in total. The van der Waals surface area contributed by atoms with Gasteiger partial charge in [-0.25, -0.2) is 9.18 Å². The van der Waals surface area contributed by atoms with Crippen molar-refractivity contribution in [2.24, 2.45) is 0 Å². The van der Waals surface area contributed by atoms with E-state index in [9.17, 15) is 14.0 Å². The summed E-state index contributed by atoms with van der Waals surface area (Å²) in [5.41, 5.74) is 0.716. The first kappa shape index (κ1) is 15.3. The number of carbonyl (C=O) groups excluding carboxylic acids is 2. The summed E-state index contributed by atoms with van der Waals surface area (Å²) in [7, 11) is 0. The number of carbonyl (C=O) groups is 2. The maximum atomic E-state index is 13.0. The number of nitrogens with zero attached hydrogens (tertiary/aromatic N) is 1. The highest BCUT2D eigenvalue weighted by Crippen LogP contribution is 2.09. The lowest BCUT2D eigenvalue weighted by Crippen LogP contribution is -2.37. The van der Waals surface area contributed by atoms with Gasteiger partial charge in [-0.3, -0.25) is 4.79 Å². The van der Waals surface area contributed by atoms with Crippen LogP contribution in [0.2, 0.25) is 0 Å². The lowest BCUT2D eigenvalue weighted by molar-refractivity contribution is -0.127. The van der Waals surface area contributed by atoms with Crippen molar-refractivity contribution in [2.45, 2.75) is 25.8 Å². The second-order valence-corrected chi connectivity index (χ2v) is 5.08. The molecule has 0 saturated carbocycles. The SMILES string of the molecule is O=C(NCCCN1CCCC1=O)NCc1cccc(F)c1. The van der Waals surface area contributed by atoms with Crippen molar-refractivity contribution in [3.8, 4) is 0 Å². The van der Waals surface area contributed by atoms with E-state index in [1.807, 2.05) is 4.90 Å². The third kappa shape index (κ3) is 5.06. The first-order valence-electron chi connectivity index (χ1n) is 7.19. The van der Waals surface area contributed by atoms with Crippen LogP contribution in [0.25, 0.3) is 0 Å². The maximum absolute atomic E-state index is 13.0. The minimum absolute atomic E-state index is 0.200. The predicted octanol–water partition coefficient (Wildman–Crippen LogP) is 1.64. The summed E-state index contributed by atoms with van der Waals surface area (Å²) in [6, 6.07) is 5.83. The molecule has 0 radical (unpaired) electrons. The number of nitrogens with one attached hydrogen (secondary N) is 2. The van der Waals surface area contributed by atoms with Crippen LogP contribution in [0.3, 0.4) is 0 Å². The number of urea groups is 1. The molecule has 1 aliphatic heterocycles. The summed E-state index contributed by atoms with van der Waals surface area (Å²) >= 11 is 0. The fourth-order valence-electron chi connectivity index (χ4n) is 2.30. The van der Waals surface area contributed by atoms with Crippen molar-refractivity contribution in [3.63, 3.8) is 0 Å². The van der Waals surface area contributed by atoms with Gasteiger partial charge in [-0.2, -0.15) is 0 Å². The Kier molecular flexibility index (Phi) is 5.54. The number of likely N-dealkylation sites (tertiary alicyclic amines) is 1. The number of hydrogen-bond donors (Lipinski definition) is 2. The molecule has 0 unspecified atom stereocenters. The Hall–Kier alpha value is -2.11. The summed E-state index contributed by atoms with van der Waals surface area (Å²) in [4.78, 5) is 24.8. The molecular formula is C15H20FN3O2. The fraction of sp³-hybridized carbons (Fsp3) is 0.467. The third-order valence-electron chi connectivity index (χ3n) is 3.40. The average Bonchev–Trinajstić information content (AvgIpc) is 2.87. The molecule has 1 aromatic rings. The Morgan fingerprint density at radius 1 is 1.33 bits per heavy atom. The molecule has 1 saturated heterocycles. The van der Waals surface area contributed by atoms with Gasteiger partial charge < -0.3 is 15.5 Å². The fourth-order valence-corrected chi connectivity index (χ4v) is 2.30. The Morgan fingerprint density at radius 3 is 2.90 bits per heavy atom. The number of amides is 3. The van der Waals surface area contributed by atoms with Crippen molar-refractivity contribution < 1.29 is 14.0 Å². The van der Waals surface area contributed by atoms with Crippen LogP contribution in [-0.4, -0.2) is 36.5 Å². The van der Waals surface area contributed by atoms with Crippen molar-refractivity contribution >= 4 is 11.9 Å². The van der Waals surface area contributed by atoms with Crippen LogP contribution in [0.15, 0.2) is 24.3 Å². The van der Waals surface area contributed by atoms with E-state index in [1.165, 1.54) is 12.1 Å². The minimum atomic E-state index is -0.315. The van der Waals surface area contributed by atoms with Crippen molar-refractivity contribution in [3.05, 3.63) is 35.6 Å². The number of hydrogen-bond acceptors (Lipinski definition) is 2. The molecule has 2 rings (SSSR count). The largest absolute Gasteiger partial charge is 0.343 e. The van der Waals surface area contributed by atoms with E-state index in [2.05, 4.69) is 10.6 Å². The molecule has 0 atom stereocenters. The van der Waals surface area contributed by atoms with E-state index < -0.39 is 0 Å². The summed E-state index contributed by atoms with van der Waals surface area (Å²) in [6.45, 7) is 2.31. The van der Waals surface area contributed by atoms with Crippen LogP contribution >= 0.6 is 0 Å². The average molecular weight is 293 g/mol. The Labute approximate surface area is 123 Å². The predicted molar refractivity (Wildman–Crippen MR) is 77.1 cm³/mol. The van der Waals surface area contributed by atoms with Gasteiger partial charge >= 0.3 is 6.03 Å². The number of benzene rings is 1. The van der Waals surface area contributed by atoms with E-state index in [-0.39, 0.29) is 24.3 Å². The molecule has 1 heterocycles. The standard InChI is InChI=1S/C15H20FN3O2/c16-13-5-1-4-12(10-13)11-18-15(21)17-7-3-9-19-8-2-6-14(19)20/h1,4-5,10H,2-3,6-9,11H2,(H2,17,18,21). The van der Waals surface area contributed by atoms with Crippen LogP contribution in [0, 0.1) is 5.82 Å². The van der Waals surface area contributed by atoms with E-state index >= 15 is 0 Å². The highest BCUT2D eigenvalue weighted by atomic mass is 19.1. The molecule has 0 bridgehead atoms. The third-order valence-corrected chi connectivity index (χ3v) is 3.40. The van der Waals surface area contributed by atoms with Crippen LogP contribution in [0.4, 0.5) is 9.18 Å². The zero-order valence-electron chi connectivity index (χ0n) is 11.9. The minimum Gasteiger partial charge on any atom is -0.343 e. The van der Waals surface area contributed by atoms with Crippen LogP contribution in [0.5, 0.6) is 0 Å². The first-order chi connectivity index (χ1) is 10.1. The molecule has 0 aromatic heterocycles. The van der Waals surface area contributed by atoms with E-state index in [4.69, 9.17) is 0 Å². The number of halogens is 1. The molecular weight excluding hydrogens is 273 g/mol. The Bertz CT molecular complexity index is 507. The number of rotatable bonds is 6.